The lowest BCUT2D eigenvalue weighted by molar-refractivity contribution is 0.491. The van der Waals surface area contributed by atoms with Crippen molar-refractivity contribution in [3.8, 4) is 0 Å². The van der Waals surface area contributed by atoms with Crippen molar-refractivity contribution in [2.75, 3.05) is 13.1 Å². The Labute approximate surface area is 154 Å². The Morgan fingerprint density at radius 1 is 1.12 bits per heavy atom. The van der Waals surface area contributed by atoms with E-state index in [1.165, 1.54) is 11.1 Å². The van der Waals surface area contributed by atoms with Crippen LogP contribution in [0.25, 0.3) is 0 Å². The van der Waals surface area contributed by atoms with Gasteiger partial charge in [-0.15, -0.1) is 12.4 Å². The van der Waals surface area contributed by atoms with Crippen molar-refractivity contribution in [2.24, 2.45) is 0 Å². The molecule has 1 heterocycles. The van der Waals surface area contributed by atoms with Crippen molar-refractivity contribution in [1.82, 2.24) is 10.0 Å². The standard InChI is InChI=1S/C17H19ClN2O2S.ClH/c18-16-8-4-2-6-14(16)12-23(21,22)20-11-17-15-7-3-1-5-13(15)9-10-19-17;/h1-8,17,19-20H,9-12H2;1H. The SMILES string of the molecule is Cl.O=S(=O)(Cc1ccccc1Cl)NCC1NCCc2ccccc21. The second kappa shape index (κ2) is 8.32. The minimum absolute atomic E-state index is 0. The van der Waals surface area contributed by atoms with Crippen LogP contribution in [-0.4, -0.2) is 21.5 Å². The molecule has 1 atom stereocenters. The molecule has 0 saturated carbocycles. The summed E-state index contributed by atoms with van der Waals surface area (Å²) in [7, 11) is -3.43. The molecular formula is C17H20Cl2N2O2S. The van der Waals surface area contributed by atoms with Crippen LogP contribution in [0.4, 0.5) is 0 Å². The molecule has 3 rings (SSSR count). The third kappa shape index (κ3) is 4.71. The lowest BCUT2D eigenvalue weighted by atomic mass is 9.95. The molecule has 0 amide bonds. The van der Waals surface area contributed by atoms with Gasteiger partial charge in [-0.25, -0.2) is 13.1 Å². The summed E-state index contributed by atoms with van der Waals surface area (Å²) in [5.41, 5.74) is 3.06. The molecule has 24 heavy (non-hydrogen) atoms. The monoisotopic (exact) mass is 386 g/mol. The Morgan fingerprint density at radius 3 is 2.62 bits per heavy atom. The van der Waals surface area contributed by atoms with E-state index in [-0.39, 0.29) is 24.2 Å². The summed E-state index contributed by atoms with van der Waals surface area (Å²) in [6.07, 6.45) is 0.971. The fourth-order valence-electron chi connectivity index (χ4n) is 2.86. The first-order valence-corrected chi connectivity index (χ1v) is 9.60. The number of benzene rings is 2. The maximum atomic E-state index is 12.3. The molecule has 0 radical (unpaired) electrons. The van der Waals surface area contributed by atoms with Crippen molar-refractivity contribution in [2.45, 2.75) is 18.2 Å². The van der Waals surface area contributed by atoms with Gasteiger partial charge in [-0.1, -0.05) is 54.1 Å². The second-order valence-electron chi connectivity index (χ2n) is 5.65. The number of hydrogen-bond acceptors (Lipinski definition) is 3. The molecule has 0 bridgehead atoms. The molecule has 7 heteroatoms. The molecule has 2 aromatic rings. The zero-order chi connectivity index (χ0) is 16.3. The molecule has 1 aliphatic rings. The highest BCUT2D eigenvalue weighted by Gasteiger charge is 2.21. The van der Waals surface area contributed by atoms with E-state index in [0.29, 0.717) is 17.1 Å². The molecule has 0 spiro atoms. The Kier molecular flexibility index (Phi) is 6.66. The van der Waals surface area contributed by atoms with Gasteiger partial charge >= 0.3 is 0 Å². The van der Waals surface area contributed by atoms with Gasteiger partial charge in [-0.2, -0.15) is 0 Å². The van der Waals surface area contributed by atoms with Crippen LogP contribution in [0.5, 0.6) is 0 Å². The largest absolute Gasteiger partial charge is 0.308 e. The van der Waals surface area contributed by atoms with Gasteiger partial charge in [0, 0.05) is 17.6 Å². The zero-order valence-electron chi connectivity index (χ0n) is 13.0. The lowest BCUT2D eigenvalue weighted by Gasteiger charge is -2.27. The van der Waals surface area contributed by atoms with Crippen LogP contribution in [0.3, 0.4) is 0 Å². The van der Waals surface area contributed by atoms with E-state index in [1.54, 1.807) is 24.3 Å². The minimum atomic E-state index is -3.43. The van der Waals surface area contributed by atoms with Crippen LogP contribution in [0, 0.1) is 0 Å². The summed E-state index contributed by atoms with van der Waals surface area (Å²) in [5.74, 6) is -0.110. The summed E-state index contributed by atoms with van der Waals surface area (Å²) in [5, 5.41) is 3.84. The highest BCUT2D eigenvalue weighted by atomic mass is 35.5. The zero-order valence-corrected chi connectivity index (χ0v) is 15.4. The Balaban J connectivity index is 0.00000208. The predicted octanol–water partition coefficient (Wildman–Crippen LogP) is 3.07. The average molecular weight is 387 g/mol. The van der Waals surface area contributed by atoms with E-state index in [1.807, 2.05) is 12.1 Å². The topological polar surface area (TPSA) is 58.2 Å². The second-order valence-corrected chi connectivity index (χ2v) is 7.87. The molecule has 1 unspecified atom stereocenters. The molecule has 1 aliphatic heterocycles. The van der Waals surface area contributed by atoms with Gasteiger partial charge in [0.1, 0.15) is 0 Å². The van der Waals surface area contributed by atoms with Crippen LogP contribution in [0.1, 0.15) is 22.7 Å². The molecule has 0 aromatic heterocycles. The first kappa shape index (κ1) is 19.2. The van der Waals surface area contributed by atoms with Crippen LogP contribution in [0.2, 0.25) is 5.02 Å². The van der Waals surface area contributed by atoms with Crippen molar-refractivity contribution in [3.63, 3.8) is 0 Å². The first-order chi connectivity index (χ1) is 11.1. The van der Waals surface area contributed by atoms with E-state index in [9.17, 15) is 8.42 Å². The minimum Gasteiger partial charge on any atom is -0.308 e. The molecule has 0 saturated heterocycles. The molecule has 0 aliphatic carbocycles. The fourth-order valence-corrected chi connectivity index (χ4v) is 4.32. The van der Waals surface area contributed by atoms with E-state index in [2.05, 4.69) is 22.2 Å². The predicted molar refractivity (Wildman–Crippen MR) is 100 cm³/mol. The van der Waals surface area contributed by atoms with E-state index in [0.717, 1.165) is 13.0 Å². The van der Waals surface area contributed by atoms with Crippen molar-refractivity contribution in [3.05, 3.63) is 70.2 Å². The van der Waals surface area contributed by atoms with Crippen molar-refractivity contribution < 1.29 is 8.42 Å². The molecule has 130 valence electrons. The molecule has 4 nitrogen and oxygen atoms in total. The average Bonchev–Trinajstić information content (AvgIpc) is 2.55. The number of rotatable bonds is 5. The van der Waals surface area contributed by atoms with E-state index >= 15 is 0 Å². The summed E-state index contributed by atoms with van der Waals surface area (Å²) in [6.45, 7) is 1.19. The highest BCUT2D eigenvalue weighted by Crippen LogP contribution is 2.22. The first-order valence-electron chi connectivity index (χ1n) is 7.57. The molecule has 2 aromatic carbocycles. The summed E-state index contributed by atoms with van der Waals surface area (Å²) in [4.78, 5) is 0. The van der Waals surface area contributed by atoms with Crippen molar-refractivity contribution >= 4 is 34.0 Å². The van der Waals surface area contributed by atoms with Gasteiger partial charge in [-0.05, 0) is 35.7 Å². The molecule has 2 N–H and O–H groups in total. The number of fused-ring (bicyclic) bond motifs is 1. The highest BCUT2D eigenvalue weighted by molar-refractivity contribution is 7.88. The normalized spacial score (nSPS) is 17.0. The van der Waals surface area contributed by atoms with Crippen molar-refractivity contribution in [1.29, 1.82) is 0 Å². The van der Waals surface area contributed by atoms with Gasteiger partial charge < -0.3 is 5.32 Å². The third-order valence-electron chi connectivity index (χ3n) is 4.03. The van der Waals surface area contributed by atoms with E-state index in [4.69, 9.17) is 11.6 Å². The van der Waals surface area contributed by atoms with Gasteiger partial charge in [0.25, 0.3) is 0 Å². The molecule has 0 fully saturated rings. The quantitative estimate of drug-likeness (QED) is 0.829. The van der Waals surface area contributed by atoms with Gasteiger partial charge in [-0.3, -0.25) is 0 Å². The van der Waals surface area contributed by atoms with Gasteiger partial charge in [0.2, 0.25) is 10.0 Å². The number of halogens is 2. The number of sulfonamides is 1. The summed E-state index contributed by atoms with van der Waals surface area (Å²) >= 11 is 6.04. The Bertz CT molecular complexity index is 797. The van der Waals surface area contributed by atoms with Crippen LogP contribution < -0.4 is 10.0 Å². The van der Waals surface area contributed by atoms with Crippen LogP contribution >= 0.6 is 24.0 Å². The maximum Gasteiger partial charge on any atom is 0.215 e. The van der Waals surface area contributed by atoms with Crippen LogP contribution in [0.15, 0.2) is 48.5 Å². The third-order valence-corrected chi connectivity index (χ3v) is 5.69. The number of hydrogen-bond donors (Lipinski definition) is 2. The fraction of sp³-hybridized carbons (Fsp3) is 0.294. The molecular weight excluding hydrogens is 367 g/mol. The van der Waals surface area contributed by atoms with Crippen LogP contribution in [-0.2, 0) is 22.2 Å². The smallest absolute Gasteiger partial charge is 0.215 e. The lowest BCUT2D eigenvalue weighted by Crippen LogP contribution is -2.39. The number of nitrogens with one attached hydrogen (secondary N) is 2. The summed E-state index contributed by atoms with van der Waals surface area (Å²) in [6, 6.07) is 15.2. The van der Waals surface area contributed by atoms with E-state index < -0.39 is 10.0 Å². The van der Waals surface area contributed by atoms with Gasteiger partial charge in [0.15, 0.2) is 0 Å². The Morgan fingerprint density at radius 2 is 1.83 bits per heavy atom. The maximum absolute atomic E-state index is 12.3. The summed E-state index contributed by atoms with van der Waals surface area (Å²) < 4.78 is 27.3. The van der Waals surface area contributed by atoms with Gasteiger partial charge in [0.05, 0.1) is 5.75 Å². The Hall–Kier alpha value is -1.11.